The van der Waals surface area contributed by atoms with Crippen LogP contribution in [0.5, 0.6) is 0 Å². The predicted octanol–water partition coefficient (Wildman–Crippen LogP) is 2.41. The molecule has 80 valence electrons. The summed E-state index contributed by atoms with van der Waals surface area (Å²) in [5.74, 6) is 0. The molecule has 0 saturated carbocycles. The van der Waals surface area contributed by atoms with Crippen LogP contribution < -0.4 is 0 Å². The van der Waals surface area contributed by atoms with Crippen LogP contribution in [0, 0.1) is 0 Å². The van der Waals surface area contributed by atoms with E-state index < -0.39 is 0 Å². The molecule has 0 saturated heterocycles. The van der Waals surface area contributed by atoms with Gasteiger partial charge in [-0.15, -0.1) is 0 Å². The topological polar surface area (TPSA) is 6.48 Å². The van der Waals surface area contributed by atoms with Gasteiger partial charge in [-0.05, 0) is 12.2 Å². The van der Waals surface area contributed by atoms with E-state index >= 15 is 0 Å². The van der Waals surface area contributed by atoms with E-state index in [1.807, 2.05) is 11.8 Å². The van der Waals surface area contributed by atoms with Gasteiger partial charge >= 0.3 is 0 Å². The number of hydrogen-bond acceptors (Lipinski definition) is 3. The summed E-state index contributed by atoms with van der Waals surface area (Å²) in [6.07, 6.45) is 12.9. The molecule has 0 fully saturated rings. The van der Waals surface area contributed by atoms with Crippen molar-refractivity contribution in [3.8, 4) is 0 Å². The van der Waals surface area contributed by atoms with Crippen LogP contribution in [0.25, 0.3) is 0 Å². The molecule has 0 spiro atoms. The number of rotatable bonds is 2. The van der Waals surface area contributed by atoms with Crippen LogP contribution in [0.2, 0.25) is 0 Å². The molecule has 0 aliphatic carbocycles. The third kappa shape index (κ3) is 2.48. The molecule has 3 heteroatoms. The minimum absolute atomic E-state index is 1.01. The molecule has 0 aromatic rings. The fraction of sp³-hybridized carbons (Fsp3) is 0.333. The zero-order valence-corrected chi connectivity index (χ0v) is 10.00. The average Bonchev–Trinajstić information content (AvgIpc) is 2.24. The molecule has 0 amide bonds. The van der Waals surface area contributed by atoms with E-state index in [1.54, 1.807) is 0 Å². The molecule has 2 heterocycles. The minimum Gasteiger partial charge on any atom is -0.365 e. The maximum atomic E-state index is 2.26. The van der Waals surface area contributed by atoms with Gasteiger partial charge in [0.2, 0.25) is 0 Å². The highest BCUT2D eigenvalue weighted by Gasteiger charge is 2.12. The Morgan fingerprint density at radius 3 is 1.80 bits per heavy atom. The zero-order chi connectivity index (χ0) is 10.7. The summed E-state index contributed by atoms with van der Waals surface area (Å²) in [5.41, 5.74) is 0. The summed E-state index contributed by atoms with van der Waals surface area (Å²) in [6.45, 7) is 2.01. The smallest absolute Gasteiger partial charge is 0.0770 e. The Hall–Kier alpha value is -1.09. The van der Waals surface area contributed by atoms with Crippen molar-refractivity contribution in [2.24, 2.45) is 0 Å². The molecule has 2 aliphatic heterocycles. The SMILES string of the molecule is CN1CC=CC=C1SC1=CC=CCN1C. The summed E-state index contributed by atoms with van der Waals surface area (Å²) in [5, 5.41) is 2.62. The van der Waals surface area contributed by atoms with E-state index in [1.165, 1.54) is 10.1 Å². The molecule has 2 nitrogen and oxygen atoms in total. The second-order valence-corrected chi connectivity index (χ2v) is 4.77. The average molecular weight is 220 g/mol. The van der Waals surface area contributed by atoms with E-state index in [0.717, 1.165) is 13.1 Å². The lowest BCUT2D eigenvalue weighted by Crippen LogP contribution is -2.22. The molecule has 0 bridgehead atoms. The summed E-state index contributed by atoms with van der Waals surface area (Å²) in [6, 6.07) is 0. The quantitative estimate of drug-likeness (QED) is 0.705. The number of thioether (sulfide) groups is 1. The first kappa shape index (κ1) is 10.4. The number of hydrogen-bond donors (Lipinski definition) is 0. The molecule has 0 aromatic carbocycles. The lowest BCUT2D eigenvalue weighted by molar-refractivity contribution is 0.481. The highest BCUT2D eigenvalue weighted by molar-refractivity contribution is 8.06. The van der Waals surface area contributed by atoms with Crippen molar-refractivity contribution < 1.29 is 0 Å². The van der Waals surface area contributed by atoms with Crippen molar-refractivity contribution in [1.82, 2.24) is 9.80 Å². The fourth-order valence-corrected chi connectivity index (χ4v) is 2.47. The lowest BCUT2D eigenvalue weighted by Gasteiger charge is -2.28. The van der Waals surface area contributed by atoms with Gasteiger partial charge in [0, 0.05) is 27.2 Å². The van der Waals surface area contributed by atoms with E-state index in [9.17, 15) is 0 Å². The third-order valence-electron chi connectivity index (χ3n) is 2.47. The van der Waals surface area contributed by atoms with E-state index in [4.69, 9.17) is 0 Å². The van der Waals surface area contributed by atoms with Crippen LogP contribution in [0.1, 0.15) is 0 Å². The fourth-order valence-electron chi connectivity index (χ4n) is 1.50. The summed E-state index contributed by atoms with van der Waals surface area (Å²) in [7, 11) is 4.25. The Kier molecular flexibility index (Phi) is 3.21. The molecule has 0 radical (unpaired) electrons. The van der Waals surface area contributed by atoms with Crippen molar-refractivity contribution in [3.63, 3.8) is 0 Å². The highest BCUT2D eigenvalue weighted by atomic mass is 32.2. The largest absolute Gasteiger partial charge is 0.365 e. The maximum Gasteiger partial charge on any atom is 0.0770 e. The third-order valence-corrected chi connectivity index (χ3v) is 3.78. The molecular weight excluding hydrogens is 204 g/mol. The summed E-state index contributed by atoms with van der Waals surface area (Å²) in [4.78, 5) is 4.52. The normalized spacial score (nSPS) is 20.4. The van der Waals surface area contributed by atoms with Crippen molar-refractivity contribution >= 4 is 11.8 Å². The monoisotopic (exact) mass is 220 g/mol. The van der Waals surface area contributed by atoms with Crippen LogP contribution in [-0.2, 0) is 0 Å². The van der Waals surface area contributed by atoms with Crippen molar-refractivity contribution in [3.05, 3.63) is 46.5 Å². The Morgan fingerprint density at radius 2 is 1.40 bits per heavy atom. The van der Waals surface area contributed by atoms with Crippen LogP contribution in [0.15, 0.2) is 46.5 Å². The van der Waals surface area contributed by atoms with E-state index in [-0.39, 0.29) is 0 Å². The standard InChI is InChI=1S/C12H16N2S/c1-13-9-5-3-7-11(13)15-12-8-4-6-10-14(12)2/h3-8H,9-10H2,1-2H3. The van der Waals surface area contributed by atoms with Gasteiger partial charge in [0.25, 0.3) is 0 Å². The van der Waals surface area contributed by atoms with E-state index in [2.05, 4.69) is 60.4 Å². The summed E-state index contributed by atoms with van der Waals surface area (Å²) < 4.78 is 0. The molecule has 0 N–H and O–H groups in total. The molecule has 0 aromatic heterocycles. The van der Waals surface area contributed by atoms with Crippen molar-refractivity contribution in [2.75, 3.05) is 27.2 Å². The molecule has 0 atom stereocenters. The van der Waals surface area contributed by atoms with Crippen LogP contribution in [0.4, 0.5) is 0 Å². The van der Waals surface area contributed by atoms with Gasteiger partial charge in [-0.25, -0.2) is 0 Å². The molecular formula is C12H16N2S. The molecule has 0 unspecified atom stereocenters. The summed E-state index contributed by atoms with van der Waals surface area (Å²) >= 11 is 1.83. The Balaban J connectivity index is 2.07. The van der Waals surface area contributed by atoms with Crippen LogP contribution in [0.3, 0.4) is 0 Å². The zero-order valence-electron chi connectivity index (χ0n) is 9.18. The van der Waals surface area contributed by atoms with Crippen LogP contribution in [-0.4, -0.2) is 37.0 Å². The first-order valence-electron chi connectivity index (χ1n) is 5.11. The van der Waals surface area contributed by atoms with Gasteiger partial charge in [0.1, 0.15) is 0 Å². The first-order valence-corrected chi connectivity index (χ1v) is 5.93. The predicted molar refractivity (Wildman–Crippen MR) is 67.3 cm³/mol. The lowest BCUT2D eigenvalue weighted by atomic mass is 10.4. The van der Waals surface area contributed by atoms with Gasteiger partial charge in [0.05, 0.1) is 10.1 Å². The number of nitrogens with zero attached hydrogens (tertiary/aromatic N) is 2. The van der Waals surface area contributed by atoms with Gasteiger partial charge in [-0.2, -0.15) is 0 Å². The van der Waals surface area contributed by atoms with Crippen molar-refractivity contribution in [1.29, 1.82) is 0 Å². The molecule has 2 aliphatic rings. The van der Waals surface area contributed by atoms with E-state index in [0.29, 0.717) is 0 Å². The van der Waals surface area contributed by atoms with Gasteiger partial charge in [-0.3, -0.25) is 0 Å². The van der Waals surface area contributed by atoms with Crippen LogP contribution >= 0.6 is 11.8 Å². The number of likely N-dealkylation sites (N-methyl/N-ethyl adjacent to an activating group) is 2. The Labute approximate surface area is 95.6 Å². The second kappa shape index (κ2) is 4.62. The molecule has 15 heavy (non-hydrogen) atoms. The Morgan fingerprint density at radius 1 is 0.933 bits per heavy atom. The number of allylic oxidation sites excluding steroid dienone is 4. The maximum absolute atomic E-state index is 2.26. The van der Waals surface area contributed by atoms with Crippen molar-refractivity contribution in [2.45, 2.75) is 0 Å². The first-order chi connectivity index (χ1) is 7.27. The second-order valence-electron chi connectivity index (χ2n) is 3.73. The molecule has 2 rings (SSSR count). The Bertz CT molecular complexity index is 319. The van der Waals surface area contributed by atoms with Gasteiger partial charge in [0.15, 0.2) is 0 Å². The van der Waals surface area contributed by atoms with Gasteiger partial charge in [-0.1, -0.05) is 36.1 Å². The minimum atomic E-state index is 1.01. The van der Waals surface area contributed by atoms with Gasteiger partial charge < -0.3 is 9.80 Å². The highest BCUT2D eigenvalue weighted by Crippen LogP contribution is 2.31.